The molecule has 0 saturated heterocycles. The van der Waals surface area contributed by atoms with Gasteiger partial charge < -0.3 is 5.32 Å². The minimum absolute atomic E-state index is 0.0794. The first kappa shape index (κ1) is 20.1. The summed E-state index contributed by atoms with van der Waals surface area (Å²) in [4.78, 5) is 16.0. The van der Waals surface area contributed by atoms with Gasteiger partial charge in [0.25, 0.3) is 12.3 Å². The Bertz CT molecular complexity index is 1140. The molecule has 28 heavy (non-hydrogen) atoms. The first-order chi connectivity index (χ1) is 13.2. The Morgan fingerprint density at radius 1 is 1.18 bits per heavy atom. The second-order valence-corrected chi connectivity index (χ2v) is 8.59. The van der Waals surface area contributed by atoms with Crippen LogP contribution >= 0.6 is 11.3 Å². The van der Waals surface area contributed by atoms with Crippen molar-refractivity contribution < 1.29 is 22.0 Å². The second-order valence-electron chi connectivity index (χ2n) is 5.82. The molecule has 146 valence electrons. The average molecular weight is 423 g/mol. The number of alkyl halides is 2. The van der Waals surface area contributed by atoms with Gasteiger partial charge in [-0.05, 0) is 30.7 Å². The predicted octanol–water partition coefficient (Wildman–Crippen LogP) is 3.96. The number of nitrogens with zero attached hydrogens (tertiary/aromatic N) is 1. The molecular formula is C18H15F2N3O3S2. The summed E-state index contributed by atoms with van der Waals surface area (Å²) in [5.74, 6) is -0.712. The van der Waals surface area contributed by atoms with Crippen LogP contribution in [0.25, 0.3) is 11.1 Å². The monoisotopic (exact) mass is 423 g/mol. The lowest BCUT2D eigenvalue weighted by Crippen LogP contribution is -2.14. The van der Waals surface area contributed by atoms with E-state index >= 15 is 0 Å². The van der Waals surface area contributed by atoms with Crippen LogP contribution in [0.2, 0.25) is 0 Å². The maximum atomic E-state index is 13.1. The third-order valence-electron chi connectivity index (χ3n) is 3.82. The normalized spacial score (nSPS) is 11.6. The van der Waals surface area contributed by atoms with E-state index in [1.807, 2.05) is 0 Å². The van der Waals surface area contributed by atoms with Crippen LogP contribution in [-0.4, -0.2) is 19.3 Å². The van der Waals surface area contributed by atoms with Crippen LogP contribution in [0.5, 0.6) is 0 Å². The van der Waals surface area contributed by atoms with E-state index in [0.717, 1.165) is 11.3 Å². The number of para-hydroxylation sites is 1. The van der Waals surface area contributed by atoms with Crippen molar-refractivity contribution in [2.75, 3.05) is 5.32 Å². The Kier molecular flexibility index (Phi) is 5.54. The highest BCUT2D eigenvalue weighted by Gasteiger charge is 2.24. The molecule has 0 bridgehead atoms. The highest BCUT2D eigenvalue weighted by molar-refractivity contribution is 7.89. The number of hydrogen-bond acceptors (Lipinski definition) is 5. The number of nitrogens with two attached hydrogens (primary N) is 1. The minimum atomic E-state index is -3.90. The Balaban J connectivity index is 1.99. The molecule has 1 aromatic heterocycles. The number of halogens is 2. The lowest BCUT2D eigenvalue weighted by molar-refractivity contribution is 0.101. The Morgan fingerprint density at radius 2 is 1.89 bits per heavy atom. The third-order valence-corrected chi connectivity index (χ3v) is 5.72. The van der Waals surface area contributed by atoms with Crippen molar-refractivity contribution in [1.29, 1.82) is 0 Å². The van der Waals surface area contributed by atoms with Gasteiger partial charge in [-0.2, -0.15) is 0 Å². The number of nitrogens with one attached hydrogen (secondary N) is 1. The fourth-order valence-electron chi connectivity index (χ4n) is 2.62. The number of carbonyl (C=O) groups is 1. The van der Waals surface area contributed by atoms with Gasteiger partial charge in [-0.3, -0.25) is 4.79 Å². The van der Waals surface area contributed by atoms with Crippen molar-refractivity contribution in [3.63, 3.8) is 0 Å². The summed E-state index contributed by atoms with van der Waals surface area (Å²) < 4.78 is 49.5. The van der Waals surface area contributed by atoms with Crippen molar-refractivity contribution in [2.24, 2.45) is 5.14 Å². The molecule has 0 aliphatic rings. The van der Waals surface area contributed by atoms with Crippen molar-refractivity contribution >= 4 is 33.0 Å². The number of amides is 1. The number of carbonyl (C=O) groups excluding carboxylic acids is 1. The van der Waals surface area contributed by atoms with Crippen molar-refractivity contribution in [1.82, 2.24) is 4.98 Å². The molecule has 1 amide bonds. The number of hydrogen-bond donors (Lipinski definition) is 2. The summed E-state index contributed by atoms with van der Waals surface area (Å²) in [7, 11) is -3.90. The van der Waals surface area contributed by atoms with Gasteiger partial charge >= 0.3 is 0 Å². The third kappa shape index (κ3) is 4.24. The number of thiazole rings is 1. The average Bonchev–Trinajstić information content (AvgIpc) is 3.04. The summed E-state index contributed by atoms with van der Waals surface area (Å²) in [6.45, 7) is 1.54. The standard InChI is InChI=1S/C18H15F2N3O3S2/c1-10-22-15(17(19)20)16(27-10)18(24)23-14-8-3-2-7-13(14)11-5-4-6-12(9-11)28(21,25)26/h2-9,17H,1H3,(H,23,24)(H2,21,25,26). The van der Waals surface area contributed by atoms with Gasteiger partial charge in [-0.25, -0.2) is 27.3 Å². The summed E-state index contributed by atoms with van der Waals surface area (Å²) >= 11 is 0.879. The van der Waals surface area contributed by atoms with Crippen molar-refractivity contribution in [2.45, 2.75) is 18.2 Å². The first-order valence-corrected chi connectivity index (χ1v) is 10.3. The van der Waals surface area contributed by atoms with Gasteiger partial charge in [0.15, 0.2) is 0 Å². The van der Waals surface area contributed by atoms with E-state index in [4.69, 9.17) is 5.14 Å². The molecule has 0 aliphatic heterocycles. The smallest absolute Gasteiger partial charge is 0.282 e. The van der Waals surface area contributed by atoms with Gasteiger partial charge in [0.1, 0.15) is 10.6 Å². The molecule has 3 rings (SSSR count). The van der Waals surface area contributed by atoms with E-state index in [0.29, 0.717) is 21.8 Å². The fourth-order valence-corrected chi connectivity index (χ4v) is 4.00. The van der Waals surface area contributed by atoms with Gasteiger partial charge in [0.05, 0.1) is 9.90 Å². The summed E-state index contributed by atoms with van der Waals surface area (Å²) in [6.07, 6.45) is -2.87. The SMILES string of the molecule is Cc1nc(C(F)F)c(C(=O)Nc2ccccc2-c2cccc(S(N)(=O)=O)c2)s1. The fraction of sp³-hybridized carbons (Fsp3) is 0.111. The van der Waals surface area contributed by atoms with Crippen LogP contribution in [0.1, 0.15) is 26.8 Å². The first-order valence-electron chi connectivity index (χ1n) is 7.96. The van der Waals surface area contributed by atoms with E-state index in [9.17, 15) is 22.0 Å². The molecule has 3 aromatic rings. The summed E-state index contributed by atoms with van der Waals surface area (Å²) in [5, 5.41) is 8.14. The van der Waals surface area contributed by atoms with Gasteiger partial charge in [0.2, 0.25) is 10.0 Å². The molecule has 0 fully saturated rings. The molecule has 0 radical (unpaired) electrons. The zero-order valence-electron chi connectivity index (χ0n) is 14.5. The van der Waals surface area contributed by atoms with Crippen LogP contribution in [-0.2, 0) is 10.0 Å². The van der Waals surface area contributed by atoms with E-state index in [1.165, 1.54) is 18.2 Å². The van der Waals surface area contributed by atoms with Crippen LogP contribution in [0.15, 0.2) is 53.4 Å². The molecule has 0 spiro atoms. The number of aryl methyl sites for hydroxylation is 1. The molecule has 3 N–H and O–H groups in total. The molecule has 0 saturated carbocycles. The molecule has 10 heteroatoms. The lowest BCUT2D eigenvalue weighted by atomic mass is 10.0. The number of anilines is 1. The van der Waals surface area contributed by atoms with Crippen molar-refractivity contribution in [3.8, 4) is 11.1 Å². The Hall–Kier alpha value is -2.69. The molecule has 6 nitrogen and oxygen atoms in total. The Labute approximate surface area is 164 Å². The zero-order chi connectivity index (χ0) is 20.5. The van der Waals surface area contributed by atoms with Gasteiger partial charge in [-0.15, -0.1) is 11.3 Å². The number of sulfonamides is 1. The van der Waals surface area contributed by atoms with Gasteiger partial charge in [0, 0.05) is 11.3 Å². The highest BCUT2D eigenvalue weighted by atomic mass is 32.2. The number of aromatic nitrogens is 1. The lowest BCUT2D eigenvalue weighted by Gasteiger charge is -2.12. The quantitative estimate of drug-likeness (QED) is 0.648. The van der Waals surface area contributed by atoms with E-state index in [1.54, 1.807) is 37.3 Å². The highest BCUT2D eigenvalue weighted by Crippen LogP contribution is 2.32. The molecule has 1 heterocycles. The zero-order valence-corrected chi connectivity index (χ0v) is 16.2. The van der Waals surface area contributed by atoms with E-state index in [2.05, 4.69) is 10.3 Å². The number of primary sulfonamides is 1. The predicted molar refractivity (Wildman–Crippen MR) is 103 cm³/mol. The molecular weight excluding hydrogens is 408 g/mol. The summed E-state index contributed by atoms with van der Waals surface area (Å²) in [6, 6.07) is 12.5. The maximum absolute atomic E-state index is 13.1. The minimum Gasteiger partial charge on any atom is -0.321 e. The van der Waals surface area contributed by atoms with Gasteiger partial charge in [-0.1, -0.05) is 30.3 Å². The van der Waals surface area contributed by atoms with E-state index in [-0.39, 0.29) is 9.77 Å². The van der Waals surface area contributed by atoms with Crippen LogP contribution in [0.4, 0.5) is 14.5 Å². The topological polar surface area (TPSA) is 102 Å². The largest absolute Gasteiger partial charge is 0.321 e. The van der Waals surface area contributed by atoms with Crippen molar-refractivity contribution in [3.05, 3.63) is 64.1 Å². The van der Waals surface area contributed by atoms with Crippen LogP contribution < -0.4 is 10.5 Å². The second kappa shape index (κ2) is 7.74. The molecule has 0 aliphatic carbocycles. The maximum Gasteiger partial charge on any atom is 0.282 e. The molecule has 0 atom stereocenters. The number of benzene rings is 2. The summed E-state index contributed by atoms with van der Waals surface area (Å²) in [5.41, 5.74) is 0.789. The van der Waals surface area contributed by atoms with E-state index < -0.39 is 28.0 Å². The molecule has 0 unspecified atom stereocenters. The Morgan fingerprint density at radius 3 is 2.57 bits per heavy atom. The van der Waals surface area contributed by atoms with Crippen LogP contribution in [0.3, 0.4) is 0 Å². The molecule has 2 aromatic carbocycles. The van der Waals surface area contributed by atoms with Crippen LogP contribution in [0, 0.1) is 6.92 Å². The number of rotatable bonds is 5.